The Morgan fingerprint density at radius 3 is 2.62 bits per heavy atom. The number of amides is 1. The number of hydrogen-bond acceptors (Lipinski definition) is 3. The van der Waals surface area contributed by atoms with Crippen molar-refractivity contribution in [3.05, 3.63) is 28.7 Å². The van der Waals surface area contributed by atoms with Gasteiger partial charge in [-0.2, -0.15) is 0 Å². The molecule has 5 nitrogen and oxygen atoms in total. The fourth-order valence-electron chi connectivity index (χ4n) is 2.26. The van der Waals surface area contributed by atoms with Crippen molar-refractivity contribution in [3.8, 4) is 5.75 Å². The van der Waals surface area contributed by atoms with Gasteiger partial charge in [-0.05, 0) is 38.0 Å². The van der Waals surface area contributed by atoms with Crippen molar-refractivity contribution in [2.24, 2.45) is 5.41 Å². The van der Waals surface area contributed by atoms with Crippen molar-refractivity contribution in [2.45, 2.75) is 19.8 Å². The van der Waals surface area contributed by atoms with E-state index in [-0.39, 0.29) is 12.5 Å². The molecule has 0 aliphatic carbocycles. The summed E-state index contributed by atoms with van der Waals surface area (Å²) in [6, 6.07) is 7.30. The Bertz CT molecular complexity index is 538. The van der Waals surface area contributed by atoms with Gasteiger partial charge >= 0.3 is 5.97 Å². The van der Waals surface area contributed by atoms with Crippen LogP contribution >= 0.6 is 15.9 Å². The van der Waals surface area contributed by atoms with E-state index in [1.54, 1.807) is 24.0 Å². The number of halogens is 1. The summed E-state index contributed by atoms with van der Waals surface area (Å²) in [5.74, 6) is -0.271. The second-order valence-corrected chi connectivity index (χ2v) is 6.41. The van der Waals surface area contributed by atoms with E-state index < -0.39 is 11.4 Å². The fraction of sp³-hybridized carbons (Fsp3) is 0.467. The lowest BCUT2D eigenvalue weighted by Gasteiger charge is -2.36. The molecule has 0 radical (unpaired) electrons. The van der Waals surface area contributed by atoms with Crippen molar-refractivity contribution in [1.29, 1.82) is 0 Å². The molecule has 114 valence electrons. The molecule has 0 saturated carbocycles. The molecule has 1 amide bonds. The number of carboxylic acids is 1. The summed E-state index contributed by atoms with van der Waals surface area (Å²) < 4.78 is 6.36. The number of nitrogens with zero attached hydrogens (tertiary/aromatic N) is 1. The van der Waals surface area contributed by atoms with E-state index in [0.717, 1.165) is 4.47 Å². The molecule has 0 aromatic heterocycles. The minimum atomic E-state index is -0.792. The van der Waals surface area contributed by atoms with Crippen LogP contribution in [0.1, 0.15) is 19.8 Å². The van der Waals surface area contributed by atoms with Gasteiger partial charge in [0.2, 0.25) is 0 Å². The number of carbonyl (C=O) groups is 2. The summed E-state index contributed by atoms with van der Waals surface area (Å²) in [6.07, 6.45) is 0.954. The highest BCUT2D eigenvalue weighted by molar-refractivity contribution is 9.10. The quantitative estimate of drug-likeness (QED) is 0.901. The Morgan fingerprint density at radius 2 is 2.05 bits per heavy atom. The molecular formula is C15H18BrNO4. The van der Waals surface area contributed by atoms with Gasteiger partial charge in [0, 0.05) is 17.6 Å². The molecule has 0 bridgehead atoms. The molecule has 1 aliphatic rings. The third-order valence-electron chi connectivity index (χ3n) is 3.89. The van der Waals surface area contributed by atoms with Gasteiger partial charge in [-0.15, -0.1) is 0 Å². The van der Waals surface area contributed by atoms with Gasteiger partial charge in [0.25, 0.3) is 5.91 Å². The molecule has 0 atom stereocenters. The van der Waals surface area contributed by atoms with Crippen LogP contribution in [-0.2, 0) is 9.59 Å². The Balaban J connectivity index is 1.84. The predicted octanol–water partition coefficient (Wildman–Crippen LogP) is 2.54. The number of ether oxygens (including phenoxy) is 1. The van der Waals surface area contributed by atoms with Crippen LogP contribution in [0.2, 0.25) is 0 Å². The van der Waals surface area contributed by atoms with Crippen molar-refractivity contribution in [1.82, 2.24) is 4.90 Å². The summed E-state index contributed by atoms with van der Waals surface area (Å²) in [5, 5.41) is 9.17. The zero-order valence-corrected chi connectivity index (χ0v) is 13.4. The third kappa shape index (κ3) is 3.97. The first-order chi connectivity index (χ1) is 9.90. The number of carbonyl (C=O) groups excluding carboxylic acids is 1. The van der Waals surface area contributed by atoms with Crippen LogP contribution in [0, 0.1) is 5.41 Å². The van der Waals surface area contributed by atoms with Gasteiger partial charge in [-0.25, -0.2) is 0 Å². The molecule has 1 saturated heterocycles. The van der Waals surface area contributed by atoms with E-state index in [1.165, 1.54) is 0 Å². The van der Waals surface area contributed by atoms with Gasteiger partial charge in [-0.1, -0.05) is 22.0 Å². The lowest BCUT2D eigenvalue weighted by Crippen LogP contribution is -2.46. The predicted molar refractivity (Wildman–Crippen MR) is 81.2 cm³/mol. The molecule has 0 unspecified atom stereocenters. The highest BCUT2D eigenvalue weighted by Crippen LogP contribution is 2.31. The van der Waals surface area contributed by atoms with Gasteiger partial charge in [0.05, 0.1) is 5.41 Å². The molecule has 2 rings (SSSR count). The van der Waals surface area contributed by atoms with E-state index in [0.29, 0.717) is 31.7 Å². The molecular weight excluding hydrogens is 338 g/mol. The number of likely N-dealkylation sites (tertiary alicyclic amines) is 1. The third-order valence-corrected chi connectivity index (χ3v) is 4.39. The lowest BCUT2D eigenvalue weighted by molar-refractivity contribution is -0.153. The standard InChI is InChI=1S/C15H18BrNO4/c1-15(14(19)20)5-7-17(8-6-15)13(18)10-21-12-4-2-3-11(16)9-12/h2-4,9H,5-8,10H2,1H3,(H,19,20). The molecule has 0 spiro atoms. The summed E-state index contributed by atoms with van der Waals surface area (Å²) in [6.45, 7) is 2.63. The maximum absolute atomic E-state index is 12.1. The number of aliphatic carboxylic acids is 1. The first-order valence-electron chi connectivity index (χ1n) is 6.80. The summed E-state index contributed by atoms with van der Waals surface area (Å²) in [5.41, 5.74) is -0.720. The molecule has 6 heteroatoms. The topological polar surface area (TPSA) is 66.8 Å². The van der Waals surface area contributed by atoms with Crippen LogP contribution in [0.15, 0.2) is 28.7 Å². The van der Waals surface area contributed by atoms with Crippen LogP contribution in [0.5, 0.6) is 5.75 Å². The molecule has 1 heterocycles. The first-order valence-corrected chi connectivity index (χ1v) is 7.59. The van der Waals surface area contributed by atoms with E-state index in [2.05, 4.69) is 15.9 Å². The lowest BCUT2D eigenvalue weighted by atomic mass is 9.80. The Labute approximate surface area is 132 Å². The highest BCUT2D eigenvalue weighted by Gasteiger charge is 2.37. The van der Waals surface area contributed by atoms with Gasteiger partial charge < -0.3 is 14.7 Å². The second-order valence-electron chi connectivity index (χ2n) is 5.49. The number of rotatable bonds is 4. The SMILES string of the molecule is CC1(C(=O)O)CCN(C(=O)COc2cccc(Br)c2)CC1. The van der Waals surface area contributed by atoms with Crippen LogP contribution in [0.3, 0.4) is 0 Å². The number of carboxylic acid groups (broad SMARTS) is 1. The smallest absolute Gasteiger partial charge is 0.309 e. The Morgan fingerprint density at radius 1 is 1.38 bits per heavy atom. The summed E-state index contributed by atoms with van der Waals surface area (Å²) in [4.78, 5) is 24.9. The zero-order chi connectivity index (χ0) is 15.5. The van der Waals surface area contributed by atoms with Gasteiger partial charge in [-0.3, -0.25) is 9.59 Å². The van der Waals surface area contributed by atoms with Gasteiger partial charge in [0.15, 0.2) is 6.61 Å². The number of benzene rings is 1. The van der Waals surface area contributed by atoms with Crippen molar-refractivity contribution in [3.63, 3.8) is 0 Å². The average Bonchev–Trinajstić information content (AvgIpc) is 2.45. The zero-order valence-electron chi connectivity index (χ0n) is 11.8. The second kappa shape index (κ2) is 6.47. The van der Waals surface area contributed by atoms with E-state index in [9.17, 15) is 9.59 Å². The van der Waals surface area contributed by atoms with Crippen molar-refractivity contribution in [2.75, 3.05) is 19.7 Å². The number of hydrogen-bond donors (Lipinski definition) is 1. The first kappa shape index (κ1) is 15.8. The normalized spacial score (nSPS) is 17.3. The minimum Gasteiger partial charge on any atom is -0.484 e. The summed E-state index contributed by atoms with van der Waals surface area (Å²) in [7, 11) is 0. The monoisotopic (exact) mass is 355 g/mol. The molecule has 21 heavy (non-hydrogen) atoms. The molecule has 1 fully saturated rings. The Kier molecular flexibility index (Phi) is 4.88. The van der Waals surface area contributed by atoms with Crippen molar-refractivity contribution < 1.29 is 19.4 Å². The fourth-order valence-corrected chi connectivity index (χ4v) is 2.63. The molecule has 1 N–H and O–H groups in total. The summed E-state index contributed by atoms with van der Waals surface area (Å²) >= 11 is 3.34. The molecule has 1 aromatic rings. The molecule has 1 aliphatic heterocycles. The molecule has 1 aromatic carbocycles. The van der Waals surface area contributed by atoms with Crippen LogP contribution < -0.4 is 4.74 Å². The van der Waals surface area contributed by atoms with Crippen LogP contribution in [0.4, 0.5) is 0 Å². The minimum absolute atomic E-state index is 0.0275. The largest absolute Gasteiger partial charge is 0.484 e. The maximum atomic E-state index is 12.1. The van der Waals surface area contributed by atoms with Crippen molar-refractivity contribution >= 4 is 27.8 Å². The van der Waals surface area contributed by atoms with E-state index >= 15 is 0 Å². The van der Waals surface area contributed by atoms with E-state index in [4.69, 9.17) is 9.84 Å². The van der Waals surface area contributed by atoms with E-state index in [1.807, 2.05) is 12.1 Å². The average molecular weight is 356 g/mol. The maximum Gasteiger partial charge on any atom is 0.309 e. The van der Waals surface area contributed by atoms with Gasteiger partial charge in [0.1, 0.15) is 5.75 Å². The van der Waals surface area contributed by atoms with Crippen LogP contribution in [-0.4, -0.2) is 41.6 Å². The highest BCUT2D eigenvalue weighted by atomic mass is 79.9. The number of piperidine rings is 1. The Hall–Kier alpha value is -1.56. The van der Waals surface area contributed by atoms with Crippen LogP contribution in [0.25, 0.3) is 0 Å².